The molecule has 0 amide bonds. The van der Waals surface area contributed by atoms with E-state index in [1.165, 1.54) is 263 Å². The first kappa shape index (κ1) is 124. The minimum atomic E-state index is -3.72. The van der Waals surface area contributed by atoms with Gasteiger partial charge in [0.25, 0.3) is 10.1 Å². The average Bonchev–Trinajstić information content (AvgIpc) is 3.52. The van der Waals surface area contributed by atoms with Gasteiger partial charge in [-0.3, -0.25) is 4.55 Å². The summed E-state index contributed by atoms with van der Waals surface area (Å²) in [5, 5.41) is 0. The normalized spacial score (nSPS) is 10.5. The fourth-order valence-electron chi connectivity index (χ4n) is 8.68. The van der Waals surface area contributed by atoms with Gasteiger partial charge >= 0.3 is 0 Å². The van der Waals surface area contributed by atoms with Crippen molar-refractivity contribution in [1.29, 1.82) is 0 Å². The van der Waals surface area contributed by atoms with Crippen LogP contribution in [-0.4, -0.2) is 18.7 Å². The van der Waals surface area contributed by atoms with Crippen molar-refractivity contribution < 1.29 is 13.0 Å². The van der Waals surface area contributed by atoms with Crippen LogP contribution in [0.25, 0.3) is 0 Å². The van der Waals surface area contributed by atoms with Crippen LogP contribution in [0.15, 0.2) is 0 Å². The zero-order chi connectivity index (χ0) is 75.1. The molecule has 3 nitrogen and oxygen atoms in total. The van der Waals surface area contributed by atoms with Crippen molar-refractivity contribution in [2.24, 2.45) is 71.0 Å². The molecule has 0 rings (SSSR count). The van der Waals surface area contributed by atoms with Crippen LogP contribution in [0.5, 0.6) is 0 Å². The maximum atomic E-state index is 10.00. The molecule has 0 aromatic carbocycles. The molecule has 0 radical (unpaired) electrons. The molecule has 590 valence electrons. The third-order valence-electron chi connectivity index (χ3n) is 15.2. The highest BCUT2D eigenvalue weighted by Crippen LogP contribution is 2.14. The molecule has 0 saturated heterocycles. The summed E-state index contributed by atoms with van der Waals surface area (Å²) in [7, 11) is -3.72. The van der Waals surface area contributed by atoms with E-state index in [1.54, 1.807) is 13.8 Å². The topological polar surface area (TPSA) is 54.4 Å². The highest BCUT2D eigenvalue weighted by Gasteiger charge is 2.06. The summed E-state index contributed by atoms with van der Waals surface area (Å²) in [5.74, 6) is 9.77. The lowest BCUT2D eigenvalue weighted by Crippen LogP contribution is -2.09. The van der Waals surface area contributed by atoms with Gasteiger partial charge in [-0.25, -0.2) is 0 Å². The Balaban J connectivity index is -0.0000000695. The lowest BCUT2D eigenvalue weighted by Gasteiger charge is -2.02. The first-order chi connectivity index (χ1) is 43.4. The minimum absolute atomic E-state index is 0. The second-order valence-electron chi connectivity index (χ2n) is 32.8. The molecule has 0 aliphatic carbocycles. The summed E-state index contributed by atoms with van der Waals surface area (Å²) in [6, 6.07) is 0. The molecule has 0 fully saturated rings. The molecule has 0 aliphatic heterocycles. The second-order valence-corrected chi connectivity index (χ2v) is 34.3. The highest BCUT2D eigenvalue weighted by molar-refractivity contribution is 7.85. The quantitative estimate of drug-likeness (QED) is 0.0489. The van der Waals surface area contributed by atoms with Gasteiger partial charge in [0, 0.05) is 0 Å². The van der Waals surface area contributed by atoms with Crippen molar-refractivity contribution in [2.45, 2.75) is 513 Å². The largest absolute Gasteiger partial charge is 0.286 e. The fraction of sp³-hybridized carbons (Fsp3) is 1.00. The molecule has 0 aliphatic rings. The monoisotopic (exact) mass is 1370 g/mol. The zero-order valence-electron chi connectivity index (χ0n) is 73.3. The molecule has 0 atom stereocenters. The predicted octanol–water partition coefficient (Wildman–Crippen LogP) is 35.4. The second kappa shape index (κ2) is 111. The van der Waals surface area contributed by atoms with Crippen molar-refractivity contribution in [3.8, 4) is 0 Å². The Morgan fingerprint density at radius 1 is 0.191 bits per heavy atom. The molecule has 1 N–H and O–H groups in total. The van der Waals surface area contributed by atoms with E-state index in [2.05, 4.69) is 228 Å². The third-order valence-corrected chi connectivity index (χ3v) is 16.3. The summed E-state index contributed by atoms with van der Waals surface area (Å²) in [6.45, 7) is 78.2. The van der Waals surface area contributed by atoms with Gasteiger partial charge in [0.2, 0.25) is 0 Å². The van der Waals surface area contributed by atoms with E-state index in [-0.39, 0.29) is 19.1 Å². The van der Waals surface area contributed by atoms with Gasteiger partial charge < -0.3 is 0 Å². The van der Waals surface area contributed by atoms with E-state index >= 15 is 0 Å². The summed E-state index contributed by atoms with van der Waals surface area (Å²) in [5.41, 5.74) is 0. The molecular formula is C90H206O3S. The molecule has 0 heterocycles. The Hall–Kier alpha value is -0.0900. The maximum Gasteiger partial charge on any atom is 0.265 e. The predicted molar refractivity (Wildman–Crippen MR) is 453 cm³/mol. The van der Waals surface area contributed by atoms with E-state index in [9.17, 15) is 8.42 Å². The lowest BCUT2D eigenvalue weighted by molar-refractivity contribution is 0.473. The Kier molecular flexibility index (Phi) is 147. The van der Waals surface area contributed by atoms with Gasteiger partial charge in [-0.05, 0) is 71.0 Å². The fourth-order valence-corrected chi connectivity index (χ4v) is 9.52. The number of rotatable bonds is 43. The van der Waals surface area contributed by atoms with Crippen LogP contribution in [0.3, 0.4) is 0 Å². The van der Waals surface area contributed by atoms with E-state index in [0.29, 0.717) is 0 Å². The Labute approximate surface area is 609 Å². The van der Waals surface area contributed by atoms with Gasteiger partial charge in [-0.1, -0.05) is 513 Å². The van der Waals surface area contributed by atoms with Crippen molar-refractivity contribution in [3.05, 3.63) is 0 Å². The smallest absolute Gasteiger partial charge is 0.265 e. The Morgan fingerprint density at radius 3 is 0.426 bits per heavy atom. The third kappa shape index (κ3) is 235. The summed E-state index contributed by atoms with van der Waals surface area (Å²) >= 11 is 0. The number of hydrogen-bond acceptors (Lipinski definition) is 2. The van der Waals surface area contributed by atoms with Crippen molar-refractivity contribution >= 4 is 10.1 Å². The van der Waals surface area contributed by atoms with Gasteiger partial charge in [-0.2, -0.15) is 8.42 Å². The molecule has 0 aromatic heterocycles. The maximum absolute atomic E-state index is 10.00. The van der Waals surface area contributed by atoms with E-state index in [0.717, 1.165) is 65.1 Å². The van der Waals surface area contributed by atoms with Crippen molar-refractivity contribution in [3.63, 3.8) is 0 Å². The molecule has 0 spiro atoms. The highest BCUT2D eigenvalue weighted by atomic mass is 32.2. The van der Waals surface area contributed by atoms with Gasteiger partial charge in [0.1, 0.15) is 0 Å². The van der Waals surface area contributed by atoms with Crippen LogP contribution < -0.4 is 0 Å². The van der Waals surface area contributed by atoms with Crippen LogP contribution in [-0.2, 0) is 10.1 Å². The standard InChI is InChI=1S/2C10H22.2C9H20.2C8H18.2C7H16.2C6H14.C5H12.C4H10O3S.CH4/c2*1-4-5-6-7-8-9-10(2)3;2*1-4-5-6-7-8-9(2)3;2*1-4-5-6-7-8(2)3;2*1-4-5-6-7(2)3;2*1-4-5-6(2)3;1-4-5(2)3;1-4(2)3-8(5,6)7;/h2*10H,4-9H2,1-3H3;2*9H,4-8H2,1-3H3;2*8H,4-7H2,1-3H3;2*7H,4-6H2,1-3H3;2*6H,4-5H2,1-3H3;5H,4H2,1-3H3;4H,3H2,1-2H3,(H,5,6,7);1H4. The molecule has 4 heteroatoms. The Morgan fingerprint density at radius 2 is 0.330 bits per heavy atom. The van der Waals surface area contributed by atoms with Crippen LogP contribution in [0, 0.1) is 71.0 Å². The van der Waals surface area contributed by atoms with E-state index in [4.69, 9.17) is 4.55 Å². The van der Waals surface area contributed by atoms with E-state index in [1.807, 2.05) is 0 Å². The molecule has 0 unspecified atom stereocenters. The van der Waals surface area contributed by atoms with Crippen LogP contribution in [0.2, 0.25) is 0 Å². The Bertz CT molecular complexity index is 1120. The minimum Gasteiger partial charge on any atom is -0.286 e. The summed E-state index contributed by atoms with van der Waals surface area (Å²) < 4.78 is 28.2. The van der Waals surface area contributed by atoms with Crippen LogP contribution >= 0.6 is 0 Å². The summed E-state index contributed by atoms with van der Waals surface area (Å²) in [6.07, 6.45) is 57.5. The van der Waals surface area contributed by atoms with Gasteiger partial charge in [0.05, 0.1) is 5.75 Å². The van der Waals surface area contributed by atoms with Crippen LogP contribution in [0.1, 0.15) is 513 Å². The number of hydrogen-bond donors (Lipinski definition) is 1. The summed E-state index contributed by atoms with van der Waals surface area (Å²) in [4.78, 5) is 0. The van der Waals surface area contributed by atoms with Crippen molar-refractivity contribution in [2.75, 3.05) is 5.75 Å². The lowest BCUT2D eigenvalue weighted by atomic mass is 10.0. The molecule has 0 aromatic rings. The first-order valence-corrected chi connectivity index (χ1v) is 43.9. The van der Waals surface area contributed by atoms with Crippen molar-refractivity contribution in [1.82, 2.24) is 0 Å². The number of unbranched alkanes of at least 4 members (excludes halogenated alkanes) is 20. The molecule has 0 saturated carbocycles. The molecule has 0 bridgehead atoms. The average molecular weight is 1370 g/mol. The first-order valence-electron chi connectivity index (χ1n) is 42.3. The zero-order valence-corrected chi connectivity index (χ0v) is 74.1. The van der Waals surface area contributed by atoms with E-state index < -0.39 is 10.1 Å². The van der Waals surface area contributed by atoms with Gasteiger partial charge in [0.15, 0.2) is 0 Å². The SMILES string of the molecule is C.CC(C)CS(=O)(=O)O.CCC(C)C.CCCC(C)C.CCCC(C)C.CCCCC(C)C.CCCCC(C)C.CCCCCC(C)C.CCCCCC(C)C.CCCCCCC(C)C.CCCCCCC(C)C.CCCCCCCC(C)C.CCCCCCCC(C)C. The molecular weight excluding hydrogens is 1160 g/mol. The van der Waals surface area contributed by atoms with Crippen LogP contribution in [0.4, 0.5) is 0 Å². The molecule has 94 heavy (non-hydrogen) atoms. The van der Waals surface area contributed by atoms with Gasteiger partial charge in [-0.15, -0.1) is 0 Å².